The Morgan fingerprint density at radius 1 is 1.00 bits per heavy atom. The molecule has 0 bridgehead atoms. The zero-order valence-electron chi connectivity index (χ0n) is 13.7. The van der Waals surface area contributed by atoms with Crippen molar-refractivity contribution in [3.63, 3.8) is 0 Å². The number of hydrogen-bond donors (Lipinski definition) is 1. The molecule has 0 aromatic heterocycles. The number of anilines is 1. The predicted octanol–water partition coefficient (Wildman–Crippen LogP) is 3.54. The van der Waals surface area contributed by atoms with Crippen LogP contribution in [0.25, 0.3) is 0 Å². The summed E-state index contributed by atoms with van der Waals surface area (Å²) in [5, 5.41) is 2.66. The molecule has 0 fully saturated rings. The van der Waals surface area contributed by atoms with Gasteiger partial charge in [0.05, 0.1) is 38.1 Å². The van der Waals surface area contributed by atoms with Gasteiger partial charge in [0, 0.05) is 17.2 Å². The van der Waals surface area contributed by atoms with E-state index in [2.05, 4.69) is 5.32 Å². The van der Waals surface area contributed by atoms with Crippen molar-refractivity contribution in [3.05, 3.63) is 52.3 Å². The molecule has 2 rings (SSSR count). The van der Waals surface area contributed by atoms with Crippen LogP contribution in [0.2, 0.25) is 5.02 Å². The molecule has 0 heterocycles. The van der Waals surface area contributed by atoms with Gasteiger partial charge in [0.15, 0.2) is 11.5 Å². The van der Waals surface area contributed by atoms with Gasteiger partial charge in [-0.15, -0.1) is 0 Å². The van der Waals surface area contributed by atoms with E-state index in [0.717, 1.165) is 6.07 Å². The molecule has 132 valence electrons. The molecule has 2 aromatic carbocycles. The van der Waals surface area contributed by atoms with Gasteiger partial charge in [-0.1, -0.05) is 11.6 Å². The quantitative estimate of drug-likeness (QED) is 0.818. The number of esters is 1. The number of carbonyl (C=O) groups excluding carboxylic acids is 2. The smallest absolute Gasteiger partial charge is 0.340 e. The van der Waals surface area contributed by atoms with Gasteiger partial charge in [-0.05, 0) is 18.2 Å². The highest BCUT2D eigenvalue weighted by molar-refractivity contribution is 6.31. The third-order valence-electron chi connectivity index (χ3n) is 3.35. The van der Waals surface area contributed by atoms with Crippen LogP contribution in [0.1, 0.15) is 20.7 Å². The van der Waals surface area contributed by atoms with E-state index in [4.69, 9.17) is 25.8 Å². The highest BCUT2D eigenvalue weighted by atomic mass is 35.5. The molecule has 0 radical (unpaired) electrons. The fraction of sp³-hybridized carbons (Fsp3) is 0.176. The van der Waals surface area contributed by atoms with Crippen LogP contribution < -0.4 is 14.8 Å². The molecule has 0 spiro atoms. The molecular weight excluding hydrogens is 353 g/mol. The van der Waals surface area contributed by atoms with E-state index in [9.17, 15) is 14.0 Å². The first-order chi connectivity index (χ1) is 11.9. The molecule has 2 aromatic rings. The van der Waals surface area contributed by atoms with Crippen molar-refractivity contribution in [1.29, 1.82) is 0 Å². The topological polar surface area (TPSA) is 73.9 Å². The summed E-state index contributed by atoms with van der Waals surface area (Å²) in [6.07, 6.45) is 0. The lowest BCUT2D eigenvalue weighted by molar-refractivity contribution is 0.0601. The minimum absolute atomic E-state index is 0.0240. The van der Waals surface area contributed by atoms with Crippen molar-refractivity contribution in [2.45, 2.75) is 0 Å². The summed E-state index contributed by atoms with van der Waals surface area (Å²) in [6.45, 7) is 0. The fourth-order valence-corrected chi connectivity index (χ4v) is 2.29. The number of methoxy groups -OCH3 is 3. The summed E-state index contributed by atoms with van der Waals surface area (Å²) < 4.78 is 28.8. The van der Waals surface area contributed by atoms with Gasteiger partial charge in [-0.2, -0.15) is 0 Å². The van der Waals surface area contributed by atoms with Crippen molar-refractivity contribution in [3.8, 4) is 11.5 Å². The van der Waals surface area contributed by atoms with Crippen molar-refractivity contribution in [2.24, 2.45) is 0 Å². The minimum atomic E-state index is -0.780. The minimum Gasteiger partial charge on any atom is -0.493 e. The summed E-state index contributed by atoms with van der Waals surface area (Å²) in [7, 11) is 4.00. The first-order valence-corrected chi connectivity index (χ1v) is 7.39. The second kappa shape index (κ2) is 7.85. The summed E-state index contributed by atoms with van der Waals surface area (Å²) >= 11 is 5.80. The lowest BCUT2D eigenvalue weighted by Crippen LogP contribution is -2.17. The first-order valence-electron chi connectivity index (χ1n) is 7.02. The van der Waals surface area contributed by atoms with E-state index in [1.54, 1.807) is 0 Å². The highest BCUT2D eigenvalue weighted by Gasteiger charge is 2.21. The normalized spacial score (nSPS) is 10.1. The van der Waals surface area contributed by atoms with Crippen LogP contribution in [0, 0.1) is 5.82 Å². The molecule has 25 heavy (non-hydrogen) atoms. The third kappa shape index (κ3) is 4.00. The van der Waals surface area contributed by atoms with E-state index >= 15 is 0 Å². The number of hydrogen-bond acceptors (Lipinski definition) is 5. The van der Waals surface area contributed by atoms with Crippen LogP contribution in [-0.2, 0) is 4.74 Å². The molecule has 1 N–H and O–H groups in total. The van der Waals surface area contributed by atoms with E-state index in [1.807, 2.05) is 0 Å². The van der Waals surface area contributed by atoms with Gasteiger partial charge >= 0.3 is 5.97 Å². The van der Waals surface area contributed by atoms with Gasteiger partial charge in [-0.25, -0.2) is 9.18 Å². The van der Waals surface area contributed by atoms with E-state index in [0.29, 0.717) is 0 Å². The lowest BCUT2D eigenvalue weighted by Gasteiger charge is -2.15. The summed E-state index contributed by atoms with van der Waals surface area (Å²) in [5.74, 6) is -1.69. The maximum absolute atomic E-state index is 13.9. The Morgan fingerprint density at radius 3 is 2.24 bits per heavy atom. The van der Waals surface area contributed by atoms with Crippen molar-refractivity contribution in [1.82, 2.24) is 0 Å². The van der Waals surface area contributed by atoms with E-state index < -0.39 is 17.7 Å². The molecule has 0 unspecified atom stereocenters. The number of ether oxygens (including phenoxy) is 3. The van der Waals surface area contributed by atoms with Crippen molar-refractivity contribution >= 4 is 29.2 Å². The predicted molar refractivity (Wildman–Crippen MR) is 90.2 cm³/mol. The molecule has 0 aliphatic rings. The molecule has 0 saturated carbocycles. The zero-order chi connectivity index (χ0) is 18.6. The van der Waals surface area contributed by atoms with Crippen molar-refractivity contribution < 1.29 is 28.2 Å². The second-order valence-corrected chi connectivity index (χ2v) is 5.26. The van der Waals surface area contributed by atoms with Crippen LogP contribution >= 0.6 is 11.6 Å². The number of halogens is 2. The Hall–Kier alpha value is -2.80. The molecule has 6 nitrogen and oxygen atoms in total. The number of nitrogens with one attached hydrogen (secondary N) is 1. The summed E-state index contributed by atoms with van der Waals surface area (Å²) in [6, 6.07) is 6.32. The van der Waals surface area contributed by atoms with E-state index in [-0.39, 0.29) is 33.3 Å². The van der Waals surface area contributed by atoms with Crippen LogP contribution in [-0.4, -0.2) is 33.2 Å². The van der Waals surface area contributed by atoms with E-state index in [1.165, 1.54) is 45.6 Å². The van der Waals surface area contributed by atoms with Gasteiger partial charge in [-0.3, -0.25) is 4.79 Å². The molecule has 1 amide bonds. The number of benzene rings is 2. The maximum Gasteiger partial charge on any atom is 0.340 e. The average molecular weight is 368 g/mol. The lowest BCUT2D eigenvalue weighted by atomic mass is 10.1. The van der Waals surface area contributed by atoms with Gasteiger partial charge in [0.25, 0.3) is 5.91 Å². The Labute approximate surface area is 148 Å². The standard InChI is InChI=1S/C17H15ClFNO5/c1-23-14-7-11(17(22)25-3)13(8-15(14)24-2)20-16(21)10-6-9(18)4-5-12(10)19/h4-8H,1-3H3,(H,20,21). The molecule has 0 aliphatic heterocycles. The fourth-order valence-electron chi connectivity index (χ4n) is 2.12. The number of amides is 1. The van der Waals surface area contributed by atoms with Gasteiger partial charge in [0.1, 0.15) is 5.82 Å². The first kappa shape index (κ1) is 18.5. The van der Waals surface area contributed by atoms with Gasteiger partial charge < -0.3 is 19.5 Å². The van der Waals surface area contributed by atoms with Crippen LogP contribution in [0.15, 0.2) is 30.3 Å². The van der Waals surface area contributed by atoms with Crippen molar-refractivity contribution in [2.75, 3.05) is 26.6 Å². The summed E-state index contributed by atoms with van der Waals surface area (Å²) in [5.41, 5.74) is -0.164. The molecule has 0 atom stereocenters. The molecular formula is C17H15ClFNO5. The summed E-state index contributed by atoms with van der Waals surface area (Å²) in [4.78, 5) is 24.3. The SMILES string of the molecule is COC(=O)c1cc(OC)c(OC)cc1NC(=O)c1cc(Cl)ccc1F. The largest absolute Gasteiger partial charge is 0.493 e. The number of carbonyl (C=O) groups is 2. The van der Waals surface area contributed by atoms with Crippen LogP contribution in [0.5, 0.6) is 11.5 Å². The Balaban J connectivity index is 2.48. The number of rotatable bonds is 5. The van der Waals surface area contributed by atoms with Gasteiger partial charge in [0.2, 0.25) is 0 Å². The molecule has 0 aliphatic carbocycles. The zero-order valence-corrected chi connectivity index (χ0v) is 14.4. The second-order valence-electron chi connectivity index (χ2n) is 4.82. The Kier molecular flexibility index (Phi) is 5.82. The average Bonchev–Trinajstić information content (AvgIpc) is 2.62. The highest BCUT2D eigenvalue weighted by Crippen LogP contribution is 2.34. The maximum atomic E-state index is 13.9. The Bertz CT molecular complexity index is 825. The van der Waals surface area contributed by atoms with Crippen LogP contribution in [0.4, 0.5) is 10.1 Å². The molecule has 8 heteroatoms. The molecule has 0 saturated heterocycles. The third-order valence-corrected chi connectivity index (χ3v) is 3.59. The Morgan fingerprint density at radius 2 is 1.64 bits per heavy atom. The van der Waals surface area contributed by atoms with Crippen LogP contribution in [0.3, 0.4) is 0 Å². The monoisotopic (exact) mass is 367 g/mol.